The molecule has 0 spiro atoms. The summed E-state index contributed by atoms with van der Waals surface area (Å²) in [5.74, 6) is 0. The van der Waals surface area contributed by atoms with Gasteiger partial charge in [-0.15, -0.1) is 0 Å². The number of hydrogen-bond donors (Lipinski definition) is 0. The van der Waals surface area contributed by atoms with E-state index in [9.17, 15) is 10.1 Å². The van der Waals surface area contributed by atoms with Crippen molar-refractivity contribution in [2.24, 2.45) is 0 Å². The highest BCUT2D eigenvalue weighted by molar-refractivity contribution is 6.35. The first-order valence-corrected chi connectivity index (χ1v) is 5.15. The first-order chi connectivity index (χ1) is 7.41. The van der Waals surface area contributed by atoms with E-state index in [1.165, 1.54) is 12.1 Å². The largest absolute Gasteiger partial charge is 0.383 e. The van der Waals surface area contributed by atoms with Crippen molar-refractivity contribution in [3.8, 4) is 0 Å². The van der Waals surface area contributed by atoms with Crippen LogP contribution in [0.4, 0.5) is 5.69 Å². The Morgan fingerprint density at radius 2 is 1.94 bits per heavy atom. The van der Waals surface area contributed by atoms with E-state index in [2.05, 4.69) is 0 Å². The minimum absolute atomic E-state index is 0.0767. The molecule has 0 aliphatic carbocycles. The first kappa shape index (κ1) is 12.8. The Balaban J connectivity index is 3.15. The molecule has 0 bridgehead atoms. The Morgan fingerprint density at radius 3 is 2.44 bits per heavy atom. The third-order valence-electron chi connectivity index (χ3n) is 1.82. The molecule has 0 saturated carbocycles. The van der Waals surface area contributed by atoms with Crippen molar-refractivity contribution >= 4 is 35.0 Å². The van der Waals surface area contributed by atoms with Crippen LogP contribution in [-0.4, -0.2) is 23.9 Å². The maximum Gasteiger partial charge on any atom is 0.289 e. The summed E-state index contributed by atoms with van der Waals surface area (Å²) < 4.78 is 0. The Bertz CT molecular complexity index is 445. The fourth-order valence-electron chi connectivity index (χ4n) is 1.05. The topological polar surface area (TPSA) is 46.4 Å². The van der Waals surface area contributed by atoms with Gasteiger partial charge in [0.1, 0.15) is 5.02 Å². The molecule has 16 heavy (non-hydrogen) atoms. The molecular weight excluding hydrogens is 251 g/mol. The van der Waals surface area contributed by atoms with E-state index in [1.807, 2.05) is 19.0 Å². The van der Waals surface area contributed by atoms with Crippen LogP contribution in [0.15, 0.2) is 18.3 Å². The van der Waals surface area contributed by atoms with Gasteiger partial charge in [-0.1, -0.05) is 23.2 Å². The molecular formula is C10H10Cl2N2O2. The summed E-state index contributed by atoms with van der Waals surface area (Å²) in [5.41, 5.74) is 0.458. The maximum atomic E-state index is 10.6. The maximum absolute atomic E-state index is 10.6. The van der Waals surface area contributed by atoms with Crippen LogP contribution in [0.3, 0.4) is 0 Å². The zero-order valence-electron chi connectivity index (χ0n) is 8.78. The quantitative estimate of drug-likeness (QED) is 0.618. The predicted octanol–water partition coefficient (Wildman–Crippen LogP) is 3.43. The van der Waals surface area contributed by atoms with Gasteiger partial charge < -0.3 is 4.90 Å². The summed E-state index contributed by atoms with van der Waals surface area (Å²) >= 11 is 11.7. The second kappa shape index (κ2) is 5.18. The van der Waals surface area contributed by atoms with E-state index >= 15 is 0 Å². The van der Waals surface area contributed by atoms with E-state index in [0.29, 0.717) is 10.6 Å². The van der Waals surface area contributed by atoms with Crippen LogP contribution in [-0.2, 0) is 0 Å². The summed E-state index contributed by atoms with van der Waals surface area (Å²) in [6, 6.07) is 2.72. The number of nitrogens with zero attached hydrogens (tertiary/aromatic N) is 2. The molecule has 0 aliphatic heterocycles. The third kappa shape index (κ3) is 3.12. The van der Waals surface area contributed by atoms with E-state index in [1.54, 1.807) is 12.3 Å². The van der Waals surface area contributed by atoms with Crippen LogP contribution in [0.2, 0.25) is 10.0 Å². The minimum atomic E-state index is -0.562. The van der Waals surface area contributed by atoms with Crippen LogP contribution >= 0.6 is 23.2 Å². The van der Waals surface area contributed by atoms with Gasteiger partial charge >= 0.3 is 0 Å². The van der Waals surface area contributed by atoms with Gasteiger partial charge in [0.05, 0.1) is 9.95 Å². The minimum Gasteiger partial charge on any atom is -0.383 e. The number of halogens is 2. The monoisotopic (exact) mass is 260 g/mol. The van der Waals surface area contributed by atoms with Crippen LogP contribution in [0, 0.1) is 10.1 Å². The second-order valence-corrected chi connectivity index (χ2v) is 4.18. The second-order valence-electron chi connectivity index (χ2n) is 3.36. The highest BCUT2D eigenvalue weighted by Gasteiger charge is 2.14. The molecule has 0 unspecified atom stereocenters. The summed E-state index contributed by atoms with van der Waals surface area (Å²) in [5, 5.41) is 11.0. The number of rotatable bonds is 3. The summed E-state index contributed by atoms with van der Waals surface area (Å²) in [7, 11) is 3.72. The van der Waals surface area contributed by atoms with E-state index < -0.39 is 4.92 Å². The molecule has 0 aliphatic rings. The molecule has 0 N–H and O–H groups in total. The van der Waals surface area contributed by atoms with Crippen LogP contribution in [0.5, 0.6) is 0 Å². The van der Waals surface area contributed by atoms with Gasteiger partial charge in [0.2, 0.25) is 0 Å². The lowest BCUT2D eigenvalue weighted by Crippen LogP contribution is -1.99. The smallest absolute Gasteiger partial charge is 0.289 e. The lowest BCUT2D eigenvalue weighted by Gasteiger charge is -2.05. The van der Waals surface area contributed by atoms with Gasteiger partial charge in [-0.3, -0.25) is 10.1 Å². The molecule has 0 heterocycles. The lowest BCUT2D eigenvalue weighted by atomic mass is 10.2. The van der Waals surface area contributed by atoms with Gasteiger partial charge in [-0.25, -0.2) is 0 Å². The Morgan fingerprint density at radius 1 is 1.31 bits per heavy atom. The molecule has 0 amide bonds. The SMILES string of the molecule is CN(C)/C=C/c1cc(Cl)c([N+](=O)[O-])cc1Cl. The fourth-order valence-corrected chi connectivity index (χ4v) is 1.51. The summed E-state index contributed by atoms with van der Waals surface area (Å²) in [6.45, 7) is 0. The summed E-state index contributed by atoms with van der Waals surface area (Å²) in [4.78, 5) is 11.9. The molecule has 4 nitrogen and oxygen atoms in total. The van der Waals surface area contributed by atoms with Crippen LogP contribution in [0.1, 0.15) is 5.56 Å². The van der Waals surface area contributed by atoms with Gasteiger partial charge in [-0.05, 0) is 23.9 Å². The van der Waals surface area contributed by atoms with Crippen molar-refractivity contribution < 1.29 is 4.92 Å². The van der Waals surface area contributed by atoms with Gasteiger partial charge in [0.15, 0.2) is 0 Å². The van der Waals surface area contributed by atoms with Crippen molar-refractivity contribution in [2.75, 3.05) is 14.1 Å². The highest BCUT2D eigenvalue weighted by atomic mass is 35.5. The van der Waals surface area contributed by atoms with E-state index in [4.69, 9.17) is 23.2 Å². The Labute approximate surface area is 103 Å². The number of nitro benzene ring substituents is 1. The summed E-state index contributed by atoms with van der Waals surface area (Å²) in [6.07, 6.45) is 3.52. The number of hydrogen-bond acceptors (Lipinski definition) is 3. The van der Waals surface area contributed by atoms with Crippen molar-refractivity contribution in [1.29, 1.82) is 0 Å². The van der Waals surface area contributed by atoms with Crippen LogP contribution < -0.4 is 0 Å². The first-order valence-electron chi connectivity index (χ1n) is 4.40. The van der Waals surface area contributed by atoms with E-state index in [-0.39, 0.29) is 10.7 Å². The normalized spacial score (nSPS) is 10.8. The lowest BCUT2D eigenvalue weighted by molar-refractivity contribution is -0.384. The molecule has 86 valence electrons. The van der Waals surface area contributed by atoms with Crippen molar-refractivity contribution in [2.45, 2.75) is 0 Å². The molecule has 1 rings (SSSR count). The Hall–Kier alpha value is -1.26. The fraction of sp³-hybridized carbons (Fsp3) is 0.200. The average molecular weight is 261 g/mol. The van der Waals surface area contributed by atoms with Gasteiger partial charge in [-0.2, -0.15) is 0 Å². The molecule has 1 aromatic carbocycles. The molecule has 1 aromatic rings. The number of benzene rings is 1. The zero-order valence-corrected chi connectivity index (χ0v) is 10.3. The molecule has 0 aromatic heterocycles. The standard InChI is InChI=1S/C10H10Cl2N2O2/c1-13(2)4-3-7-5-9(12)10(14(15)16)6-8(7)11/h3-6H,1-2H3/b4-3+. The van der Waals surface area contributed by atoms with Crippen LogP contribution in [0.25, 0.3) is 6.08 Å². The predicted molar refractivity (Wildman–Crippen MR) is 65.8 cm³/mol. The molecule has 0 saturated heterocycles. The molecule has 0 radical (unpaired) electrons. The third-order valence-corrected chi connectivity index (χ3v) is 2.45. The van der Waals surface area contributed by atoms with Gasteiger partial charge in [0.25, 0.3) is 5.69 Å². The molecule has 6 heteroatoms. The van der Waals surface area contributed by atoms with E-state index in [0.717, 1.165) is 0 Å². The molecule has 0 atom stereocenters. The molecule has 0 fully saturated rings. The van der Waals surface area contributed by atoms with Gasteiger partial charge in [0, 0.05) is 20.2 Å². The Kier molecular flexibility index (Phi) is 4.15. The average Bonchev–Trinajstić information content (AvgIpc) is 2.18. The number of nitro groups is 1. The zero-order chi connectivity index (χ0) is 12.3. The van der Waals surface area contributed by atoms with Crippen molar-refractivity contribution in [1.82, 2.24) is 4.90 Å². The highest BCUT2D eigenvalue weighted by Crippen LogP contribution is 2.31. The van der Waals surface area contributed by atoms with Crippen molar-refractivity contribution in [3.05, 3.63) is 44.1 Å². The van der Waals surface area contributed by atoms with Crippen molar-refractivity contribution in [3.63, 3.8) is 0 Å².